The Morgan fingerprint density at radius 1 is 1.38 bits per heavy atom. The number of nitrogens with two attached hydrogens (primary N) is 1. The molecule has 0 saturated carbocycles. The van der Waals surface area contributed by atoms with Crippen molar-refractivity contribution in [1.29, 1.82) is 0 Å². The van der Waals surface area contributed by atoms with Crippen molar-refractivity contribution in [3.05, 3.63) is 29.3 Å². The molecule has 5 heteroatoms. The molecular formula is C11H16N2O3. The van der Waals surface area contributed by atoms with E-state index in [9.17, 15) is 4.79 Å². The summed E-state index contributed by atoms with van der Waals surface area (Å²) in [5, 5.41) is 2.58. The van der Waals surface area contributed by atoms with Crippen LogP contribution in [0.15, 0.2) is 18.2 Å². The summed E-state index contributed by atoms with van der Waals surface area (Å²) in [7, 11) is 3.09. The Morgan fingerprint density at radius 3 is 2.75 bits per heavy atom. The summed E-state index contributed by atoms with van der Waals surface area (Å²) in [6.07, 6.45) is 0. The third-order valence-corrected chi connectivity index (χ3v) is 2.12. The Bertz CT molecular complexity index is 366. The van der Waals surface area contributed by atoms with E-state index in [-0.39, 0.29) is 12.6 Å². The van der Waals surface area contributed by atoms with Crippen molar-refractivity contribution in [3.63, 3.8) is 0 Å². The molecule has 1 rings (SSSR count). The summed E-state index contributed by atoms with van der Waals surface area (Å²) in [4.78, 5) is 11.7. The molecule has 0 unspecified atom stereocenters. The topological polar surface area (TPSA) is 73.6 Å². The number of nitrogens with one attached hydrogen (secondary N) is 1. The third kappa shape index (κ3) is 2.95. The standard InChI is InChI=1S/C11H16N2O3/c1-15-6-8-4-3-5-9(10(8)12)11(14)13-7-16-2/h3-5H,6-7,12H2,1-2H3,(H,13,14). The predicted molar refractivity (Wildman–Crippen MR) is 60.9 cm³/mol. The van der Waals surface area contributed by atoms with Crippen LogP contribution in [0.4, 0.5) is 5.69 Å². The highest BCUT2D eigenvalue weighted by Gasteiger charge is 2.11. The van der Waals surface area contributed by atoms with E-state index in [0.29, 0.717) is 17.9 Å². The molecule has 0 aliphatic heterocycles. The first kappa shape index (κ1) is 12.5. The number of hydrogen-bond acceptors (Lipinski definition) is 4. The van der Waals surface area contributed by atoms with Gasteiger partial charge in [0.25, 0.3) is 5.91 Å². The first-order chi connectivity index (χ1) is 7.70. The van der Waals surface area contributed by atoms with Gasteiger partial charge in [0.1, 0.15) is 6.73 Å². The second-order valence-electron chi connectivity index (χ2n) is 3.25. The van der Waals surface area contributed by atoms with Crippen LogP contribution < -0.4 is 11.1 Å². The molecule has 0 saturated heterocycles. The maximum Gasteiger partial charge on any atom is 0.255 e. The molecule has 1 aromatic carbocycles. The molecule has 0 fully saturated rings. The van der Waals surface area contributed by atoms with Gasteiger partial charge in [-0.1, -0.05) is 12.1 Å². The van der Waals surface area contributed by atoms with Gasteiger partial charge >= 0.3 is 0 Å². The molecule has 0 radical (unpaired) electrons. The Labute approximate surface area is 94.5 Å². The second-order valence-corrected chi connectivity index (χ2v) is 3.25. The monoisotopic (exact) mass is 224 g/mol. The zero-order valence-corrected chi connectivity index (χ0v) is 9.45. The highest BCUT2D eigenvalue weighted by Crippen LogP contribution is 2.18. The minimum Gasteiger partial charge on any atom is -0.398 e. The predicted octanol–water partition coefficient (Wildman–Crippen LogP) is 0.749. The summed E-state index contributed by atoms with van der Waals surface area (Å²) in [6, 6.07) is 5.26. The van der Waals surface area contributed by atoms with Gasteiger partial charge in [-0.2, -0.15) is 0 Å². The molecule has 0 heterocycles. The molecule has 0 aromatic heterocycles. The molecular weight excluding hydrogens is 208 g/mol. The summed E-state index contributed by atoms with van der Waals surface area (Å²) >= 11 is 0. The summed E-state index contributed by atoms with van der Waals surface area (Å²) in [5.41, 5.74) is 7.54. The molecule has 88 valence electrons. The Hall–Kier alpha value is -1.59. The Kier molecular flexibility index (Phi) is 4.75. The van der Waals surface area contributed by atoms with Crippen molar-refractivity contribution in [3.8, 4) is 0 Å². The fourth-order valence-electron chi connectivity index (χ4n) is 1.33. The van der Waals surface area contributed by atoms with Crippen molar-refractivity contribution in [2.45, 2.75) is 6.61 Å². The molecule has 0 aliphatic carbocycles. The van der Waals surface area contributed by atoms with Crippen LogP contribution in [0, 0.1) is 0 Å². The number of rotatable bonds is 5. The Balaban J connectivity index is 2.87. The lowest BCUT2D eigenvalue weighted by Gasteiger charge is -2.10. The van der Waals surface area contributed by atoms with Gasteiger partial charge in [0.05, 0.1) is 12.2 Å². The number of methoxy groups -OCH3 is 2. The van der Waals surface area contributed by atoms with Crippen LogP contribution in [0.25, 0.3) is 0 Å². The lowest BCUT2D eigenvalue weighted by molar-refractivity contribution is 0.0873. The van der Waals surface area contributed by atoms with E-state index in [1.807, 2.05) is 6.07 Å². The van der Waals surface area contributed by atoms with Crippen molar-refractivity contribution in [2.75, 3.05) is 26.7 Å². The average molecular weight is 224 g/mol. The summed E-state index contributed by atoms with van der Waals surface area (Å²) in [6.45, 7) is 0.546. The van der Waals surface area contributed by atoms with E-state index in [1.54, 1.807) is 19.2 Å². The minimum absolute atomic E-state index is 0.160. The van der Waals surface area contributed by atoms with E-state index in [4.69, 9.17) is 15.2 Å². The van der Waals surface area contributed by atoms with Crippen LogP contribution in [0.3, 0.4) is 0 Å². The number of nitrogen functional groups attached to an aromatic ring is 1. The van der Waals surface area contributed by atoms with Gasteiger partial charge in [0.2, 0.25) is 0 Å². The molecule has 3 N–H and O–H groups in total. The Morgan fingerprint density at radius 2 is 2.12 bits per heavy atom. The molecule has 16 heavy (non-hydrogen) atoms. The van der Waals surface area contributed by atoms with E-state index < -0.39 is 0 Å². The number of carbonyl (C=O) groups is 1. The van der Waals surface area contributed by atoms with Gasteiger partial charge in [0.15, 0.2) is 0 Å². The van der Waals surface area contributed by atoms with Crippen molar-refractivity contribution in [2.24, 2.45) is 0 Å². The second kappa shape index (κ2) is 6.09. The van der Waals surface area contributed by atoms with Gasteiger partial charge in [0, 0.05) is 25.5 Å². The maximum absolute atomic E-state index is 11.7. The fourth-order valence-corrected chi connectivity index (χ4v) is 1.33. The van der Waals surface area contributed by atoms with E-state index >= 15 is 0 Å². The summed E-state index contributed by atoms with van der Waals surface area (Å²) in [5.74, 6) is -0.252. The molecule has 0 bridgehead atoms. The molecule has 0 aliphatic rings. The molecule has 1 amide bonds. The largest absolute Gasteiger partial charge is 0.398 e. The normalized spacial score (nSPS) is 10.1. The van der Waals surface area contributed by atoms with Crippen molar-refractivity contribution in [1.82, 2.24) is 5.32 Å². The number of carbonyl (C=O) groups excluding carboxylic acids is 1. The number of anilines is 1. The number of benzene rings is 1. The number of amides is 1. The van der Waals surface area contributed by atoms with Crippen LogP contribution in [0.2, 0.25) is 0 Å². The molecule has 0 atom stereocenters. The van der Waals surface area contributed by atoms with Crippen molar-refractivity contribution < 1.29 is 14.3 Å². The lowest BCUT2D eigenvalue weighted by Crippen LogP contribution is -2.26. The molecule has 0 spiro atoms. The summed E-state index contributed by atoms with van der Waals surface area (Å²) < 4.78 is 9.74. The van der Waals surface area contributed by atoms with E-state index in [1.165, 1.54) is 7.11 Å². The maximum atomic E-state index is 11.7. The minimum atomic E-state index is -0.252. The van der Waals surface area contributed by atoms with E-state index in [2.05, 4.69) is 5.32 Å². The quantitative estimate of drug-likeness (QED) is 0.571. The highest BCUT2D eigenvalue weighted by atomic mass is 16.5. The molecule has 1 aromatic rings. The number of ether oxygens (including phenoxy) is 2. The van der Waals surface area contributed by atoms with Gasteiger partial charge in [-0.3, -0.25) is 4.79 Å². The van der Waals surface area contributed by atoms with Gasteiger partial charge < -0.3 is 20.5 Å². The van der Waals surface area contributed by atoms with Crippen LogP contribution in [-0.2, 0) is 16.1 Å². The van der Waals surface area contributed by atoms with Crippen LogP contribution in [0.1, 0.15) is 15.9 Å². The van der Waals surface area contributed by atoms with Gasteiger partial charge in [-0.15, -0.1) is 0 Å². The first-order valence-corrected chi connectivity index (χ1v) is 4.84. The van der Waals surface area contributed by atoms with Gasteiger partial charge in [-0.05, 0) is 6.07 Å². The smallest absolute Gasteiger partial charge is 0.255 e. The third-order valence-electron chi connectivity index (χ3n) is 2.12. The van der Waals surface area contributed by atoms with Crippen LogP contribution >= 0.6 is 0 Å². The lowest BCUT2D eigenvalue weighted by atomic mass is 10.1. The first-order valence-electron chi connectivity index (χ1n) is 4.84. The van der Waals surface area contributed by atoms with Crippen LogP contribution in [0.5, 0.6) is 0 Å². The zero-order valence-electron chi connectivity index (χ0n) is 9.45. The highest BCUT2D eigenvalue weighted by molar-refractivity contribution is 5.99. The number of para-hydroxylation sites is 1. The fraction of sp³-hybridized carbons (Fsp3) is 0.364. The van der Waals surface area contributed by atoms with Crippen LogP contribution in [-0.4, -0.2) is 26.9 Å². The SMILES string of the molecule is COCNC(=O)c1cccc(COC)c1N. The average Bonchev–Trinajstić information content (AvgIpc) is 2.29. The van der Waals surface area contributed by atoms with E-state index in [0.717, 1.165) is 5.56 Å². The zero-order chi connectivity index (χ0) is 12.0. The van der Waals surface area contributed by atoms with Crippen molar-refractivity contribution >= 4 is 11.6 Å². The molecule has 5 nitrogen and oxygen atoms in total. The van der Waals surface area contributed by atoms with Gasteiger partial charge in [-0.25, -0.2) is 0 Å². The number of hydrogen-bond donors (Lipinski definition) is 2.